The number of thiophene rings is 1. The minimum absolute atomic E-state index is 0.0842. The molecule has 4 nitrogen and oxygen atoms in total. The number of anilines is 1. The van der Waals surface area contributed by atoms with E-state index in [1.807, 2.05) is 49.3 Å². The topological polar surface area (TPSA) is 41.6 Å². The van der Waals surface area contributed by atoms with Gasteiger partial charge in [0, 0.05) is 48.8 Å². The molecule has 0 radical (unpaired) electrons. The van der Waals surface area contributed by atoms with Crippen molar-refractivity contribution in [3.05, 3.63) is 51.7 Å². The molecule has 0 aliphatic rings. The Kier molecular flexibility index (Phi) is 5.57. The summed E-state index contributed by atoms with van der Waals surface area (Å²) in [6.45, 7) is 2.52. The molecule has 0 saturated carbocycles. The Morgan fingerprint density at radius 2 is 2.09 bits per heavy atom. The molecular formula is C17H22N2O2S. The van der Waals surface area contributed by atoms with E-state index in [0.29, 0.717) is 12.1 Å². The summed E-state index contributed by atoms with van der Waals surface area (Å²) in [5, 5.41) is 2.95. The van der Waals surface area contributed by atoms with Gasteiger partial charge in [0.1, 0.15) is 6.10 Å². The van der Waals surface area contributed by atoms with Crippen LogP contribution in [-0.2, 0) is 4.74 Å². The lowest BCUT2D eigenvalue weighted by atomic mass is 10.1. The van der Waals surface area contributed by atoms with Crippen LogP contribution in [0.2, 0.25) is 0 Å². The molecular weight excluding hydrogens is 296 g/mol. The van der Waals surface area contributed by atoms with Gasteiger partial charge in [-0.05, 0) is 37.3 Å². The minimum Gasteiger partial charge on any atom is -0.378 e. The summed E-state index contributed by atoms with van der Waals surface area (Å²) in [4.78, 5) is 16.6. The number of benzene rings is 1. The van der Waals surface area contributed by atoms with Crippen LogP contribution in [0.4, 0.5) is 5.69 Å². The monoisotopic (exact) mass is 318 g/mol. The van der Waals surface area contributed by atoms with Crippen LogP contribution < -0.4 is 10.2 Å². The van der Waals surface area contributed by atoms with Crippen LogP contribution in [0.15, 0.2) is 36.4 Å². The maximum atomic E-state index is 12.3. The molecule has 1 aromatic heterocycles. The molecule has 1 amide bonds. The van der Waals surface area contributed by atoms with E-state index in [0.717, 1.165) is 10.6 Å². The van der Waals surface area contributed by atoms with Gasteiger partial charge in [-0.1, -0.05) is 6.07 Å². The second-order valence-electron chi connectivity index (χ2n) is 5.33. The van der Waals surface area contributed by atoms with Crippen LogP contribution in [0.3, 0.4) is 0 Å². The Bertz CT molecular complexity index is 637. The first-order chi connectivity index (χ1) is 10.5. The van der Waals surface area contributed by atoms with Crippen LogP contribution in [0.5, 0.6) is 0 Å². The van der Waals surface area contributed by atoms with Gasteiger partial charge >= 0.3 is 0 Å². The quantitative estimate of drug-likeness (QED) is 0.889. The number of hydrogen-bond acceptors (Lipinski definition) is 4. The number of hydrogen-bond donors (Lipinski definition) is 1. The van der Waals surface area contributed by atoms with E-state index in [-0.39, 0.29) is 12.0 Å². The molecule has 2 aromatic rings. The highest BCUT2D eigenvalue weighted by Crippen LogP contribution is 2.24. The number of nitrogens with one attached hydrogen (secondary N) is 1. The fourth-order valence-electron chi connectivity index (χ4n) is 2.14. The van der Waals surface area contributed by atoms with E-state index in [4.69, 9.17) is 4.74 Å². The van der Waals surface area contributed by atoms with Crippen molar-refractivity contribution in [2.75, 3.05) is 32.6 Å². The molecule has 1 aromatic carbocycles. The smallest absolute Gasteiger partial charge is 0.251 e. The molecule has 0 fully saturated rings. The molecule has 0 unspecified atom stereocenters. The minimum atomic E-state index is -0.111. The third-order valence-corrected chi connectivity index (χ3v) is 4.53. The van der Waals surface area contributed by atoms with Crippen molar-refractivity contribution in [2.24, 2.45) is 0 Å². The molecule has 0 aliphatic heterocycles. The maximum absolute atomic E-state index is 12.3. The van der Waals surface area contributed by atoms with Crippen molar-refractivity contribution in [3.8, 4) is 0 Å². The van der Waals surface area contributed by atoms with Gasteiger partial charge in [-0.25, -0.2) is 0 Å². The summed E-state index contributed by atoms with van der Waals surface area (Å²) in [5.41, 5.74) is 1.66. The molecule has 0 bridgehead atoms. The van der Waals surface area contributed by atoms with Gasteiger partial charge < -0.3 is 15.0 Å². The van der Waals surface area contributed by atoms with Gasteiger partial charge in [0.05, 0.1) is 0 Å². The number of methoxy groups -OCH3 is 1. The summed E-state index contributed by atoms with van der Waals surface area (Å²) in [7, 11) is 5.58. The molecule has 0 spiro atoms. The second kappa shape index (κ2) is 7.42. The van der Waals surface area contributed by atoms with E-state index in [9.17, 15) is 4.79 Å². The zero-order chi connectivity index (χ0) is 16.1. The molecule has 1 atom stereocenters. The number of nitrogens with zero attached hydrogens (tertiary/aromatic N) is 1. The Labute approximate surface area is 135 Å². The van der Waals surface area contributed by atoms with Crippen molar-refractivity contribution in [1.82, 2.24) is 5.32 Å². The van der Waals surface area contributed by atoms with Gasteiger partial charge in [0.25, 0.3) is 5.91 Å². The number of aryl methyl sites for hydroxylation is 1. The van der Waals surface area contributed by atoms with Crippen molar-refractivity contribution in [2.45, 2.75) is 13.0 Å². The Morgan fingerprint density at radius 1 is 1.32 bits per heavy atom. The van der Waals surface area contributed by atoms with Gasteiger partial charge in [0.15, 0.2) is 0 Å². The van der Waals surface area contributed by atoms with Gasteiger partial charge in [-0.15, -0.1) is 11.3 Å². The summed E-state index contributed by atoms with van der Waals surface area (Å²) in [6, 6.07) is 11.7. The van der Waals surface area contributed by atoms with Crippen LogP contribution in [0.1, 0.15) is 26.2 Å². The van der Waals surface area contributed by atoms with E-state index >= 15 is 0 Å². The fourth-order valence-corrected chi connectivity index (χ4v) is 3.09. The van der Waals surface area contributed by atoms with Crippen molar-refractivity contribution < 1.29 is 9.53 Å². The van der Waals surface area contributed by atoms with Crippen molar-refractivity contribution in [3.63, 3.8) is 0 Å². The van der Waals surface area contributed by atoms with E-state index in [1.54, 1.807) is 18.4 Å². The average molecular weight is 318 g/mol. The maximum Gasteiger partial charge on any atom is 0.251 e. The number of rotatable bonds is 6. The summed E-state index contributed by atoms with van der Waals surface area (Å²) in [6.07, 6.45) is -0.111. The van der Waals surface area contributed by atoms with Crippen LogP contribution in [-0.4, -0.2) is 33.7 Å². The first-order valence-corrected chi connectivity index (χ1v) is 7.97. The lowest BCUT2D eigenvalue weighted by Gasteiger charge is -2.16. The average Bonchev–Trinajstić information content (AvgIpc) is 2.94. The van der Waals surface area contributed by atoms with Gasteiger partial charge in [-0.2, -0.15) is 0 Å². The lowest BCUT2D eigenvalue weighted by Crippen LogP contribution is -2.29. The highest BCUT2D eigenvalue weighted by Gasteiger charge is 2.15. The first kappa shape index (κ1) is 16.5. The Morgan fingerprint density at radius 3 is 2.68 bits per heavy atom. The van der Waals surface area contributed by atoms with Crippen LogP contribution in [0, 0.1) is 6.92 Å². The normalized spacial score (nSPS) is 12.0. The predicted molar refractivity (Wildman–Crippen MR) is 91.9 cm³/mol. The zero-order valence-corrected chi connectivity index (χ0v) is 14.2. The van der Waals surface area contributed by atoms with Gasteiger partial charge in [0.2, 0.25) is 0 Å². The van der Waals surface area contributed by atoms with Crippen molar-refractivity contribution in [1.29, 1.82) is 0 Å². The highest BCUT2D eigenvalue weighted by molar-refractivity contribution is 7.12. The summed E-state index contributed by atoms with van der Waals surface area (Å²) < 4.78 is 5.49. The number of carbonyl (C=O) groups excluding carboxylic acids is 1. The summed E-state index contributed by atoms with van der Waals surface area (Å²) >= 11 is 1.69. The number of carbonyl (C=O) groups is 1. The highest BCUT2D eigenvalue weighted by atomic mass is 32.1. The number of amides is 1. The Balaban J connectivity index is 2.01. The molecule has 22 heavy (non-hydrogen) atoms. The van der Waals surface area contributed by atoms with Crippen LogP contribution >= 0.6 is 11.3 Å². The van der Waals surface area contributed by atoms with Crippen LogP contribution in [0.25, 0.3) is 0 Å². The molecule has 1 heterocycles. The molecule has 0 saturated heterocycles. The van der Waals surface area contributed by atoms with Crippen molar-refractivity contribution >= 4 is 22.9 Å². The third-order valence-electron chi connectivity index (χ3n) is 3.44. The van der Waals surface area contributed by atoms with E-state index < -0.39 is 0 Å². The zero-order valence-electron chi connectivity index (χ0n) is 13.4. The largest absolute Gasteiger partial charge is 0.378 e. The molecule has 2 rings (SSSR count). The molecule has 5 heteroatoms. The van der Waals surface area contributed by atoms with E-state index in [1.165, 1.54) is 4.88 Å². The Hall–Kier alpha value is -1.85. The molecule has 0 aliphatic carbocycles. The van der Waals surface area contributed by atoms with E-state index in [2.05, 4.69) is 18.3 Å². The fraction of sp³-hybridized carbons (Fsp3) is 0.353. The molecule has 118 valence electrons. The van der Waals surface area contributed by atoms with Gasteiger partial charge in [-0.3, -0.25) is 4.79 Å². The summed E-state index contributed by atoms with van der Waals surface area (Å²) in [5.74, 6) is -0.0842. The second-order valence-corrected chi connectivity index (χ2v) is 6.65. The lowest BCUT2D eigenvalue weighted by molar-refractivity contribution is 0.0837. The number of ether oxygens (including phenoxy) is 1. The standard InChI is InChI=1S/C17H22N2O2S/c1-12-8-9-16(22-12)15(21-4)11-18-17(20)13-6-5-7-14(10-13)19(2)3/h5-10,15H,11H2,1-4H3,(H,18,20)/t15-/m0/s1. The molecule has 1 N–H and O–H groups in total. The SMILES string of the molecule is CO[C@@H](CNC(=O)c1cccc(N(C)C)c1)c1ccc(C)s1. The first-order valence-electron chi connectivity index (χ1n) is 7.16. The predicted octanol–water partition coefficient (Wildman–Crippen LogP) is 3.24. The third kappa shape index (κ3) is 4.08.